The summed E-state index contributed by atoms with van der Waals surface area (Å²) in [5, 5.41) is 3.42. The molecule has 1 atom stereocenters. The van der Waals surface area contributed by atoms with Gasteiger partial charge in [0.25, 0.3) is 10.0 Å². The molecule has 0 bridgehead atoms. The molecule has 0 saturated heterocycles. The maximum absolute atomic E-state index is 14.5. The minimum atomic E-state index is -4.19. The van der Waals surface area contributed by atoms with Gasteiger partial charge in [0.1, 0.15) is 12.6 Å². The van der Waals surface area contributed by atoms with Crippen molar-refractivity contribution in [3.8, 4) is 0 Å². The topological polar surface area (TPSA) is 86.8 Å². The third kappa shape index (κ3) is 8.94. The average Bonchev–Trinajstić information content (AvgIpc) is 2.98. The number of carbonyl (C=O) groups excluding carboxylic acids is 2. The number of para-hydroxylation sites is 1. The Morgan fingerprint density at radius 3 is 2.02 bits per heavy atom. The van der Waals surface area contributed by atoms with Gasteiger partial charge >= 0.3 is 0 Å². The van der Waals surface area contributed by atoms with Gasteiger partial charge in [0, 0.05) is 28.0 Å². The summed E-state index contributed by atoms with van der Waals surface area (Å²) in [6.07, 6.45) is 0.234. The van der Waals surface area contributed by atoms with E-state index in [-0.39, 0.29) is 23.8 Å². The molecule has 0 spiro atoms. The molecule has 0 saturated carbocycles. The fraction of sp³-hybridized carbons (Fsp3) is 0.235. The summed E-state index contributed by atoms with van der Waals surface area (Å²) in [5.41, 5.74) is 1.39. The van der Waals surface area contributed by atoms with Crippen LogP contribution in [0.4, 0.5) is 5.69 Å². The van der Waals surface area contributed by atoms with Gasteiger partial charge in [-0.05, 0) is 80.4 Å². The van der Waals surface area contributed by atoms with E-state index in [1.165, 1.54) is 29.2 Å². The normalized spacial score (nSPS) is 12.3. The third-order valence-electron chi connectivity index (χ3n) is 6.74. The van der Waals surface area contributed by atoms with Gasteiger partial charge in [-0.3, -0.25) is 13.9 Å². The van der Waals surface area contributed by atoms with Crippen molar-refractivity contribution in [1.29, 1.82) is 0 Å². The molecule has 0 aliphatic rings. The zero-order valence-electron chi connectivity index (χ0n) is 24.8. The van der Waals surface area contributed by atoms with Gasteiger partial charge in [-0.15, -0.1) is 0 Å². The summed E-state index contributed by atoms with van der Waals surface area (Å²) in [7, 11) is -4.19. The second-order valence-corrected chi connectivity index (χ2v) is 14.6. The molecule has 4 rings (SSSR count). The highest BCUT2D eigenvalue weighted by Gasteiger charge is 2.35. The number of anilines is 1. The number of hydrogen-bond acceptors (Lipinski definition) is 4. The Balaban J connectivity index is 1.80. The lowest BCUT2D eigenvalue weighted by Crippen LogP contribution is -2.56. The van der Waals surface area contributed by atoms with Gasteiger partial charge in [0.05, 0.1) is 10.6 Å². The highest BCUT2D eigenvalue weighted by Crippen LogP contribution is 2.26. The first kappa shape index (κ1) is 33.2. The predicted octanol–water partition coefficient (Wildman–Crippen LogP) is 6.85. The predicted molar refractivity (Wildman–Crippen MR) is 179 cm³/mol. The molecule has 0 radical (unpaired) electrons. The molecule has 0 heterocycles. The summed E-state index contributed by atoms with van der Waals surface area (Å²) in [6, 6.07) is 30.2. The largest absolute Gasteiger partial charge is 0.350 e. The van der Waals surface area contributed by atoms with Gasteiger partial charge < -0.3 is 10.2 Å². The Labute approximate surface area is 273 Å². The van der Waals surface area contributed by atoms with Crippen molar-refractivity contribution in [2.45, 2.75) is 50.2 Å². The van der Waals surface area contributed by atoms with Crippen LogP contribution in [0.15, 0.2) is 119 Å². The number of carbonyl (C=O) groups is 2. The second kappa shape index (κ2) is 14.4. The van der Waals surface area contributed by atoms with Crippen molar-refractivity contribution in [3.63, 3.8) is 0 Å². The fourth-order valence-electron chi connectivity index (χ4n) is 4.70. The van der Waals surface area contributed by atoms with Crippen LogP contribution in [0.5, 0.6) is 0 Å². The van der Waals surface area contributed by atoms with Gasteiger partial charge in [-0.1, -0.05) is 88.2 Å². The number of amides is 2. The molecule has 0 unspecified atom stereocenters. The molecule has 1 N–H and O–H groups in total. The SMILES string of the molecule is CC(C)(C)NC(=O)[C@H](Cc1ccccc1)N(Cc1cccc(Br)c1)C(=O)CN(c1ccccc1)S(=O)(=O)c1ccc(Cl)cc1. The van der Waals surface area contributed by atoms with Crippen molar-refractivity contribution >= 4 is 55.1 Å². The van der Waals surface area contributed by atoms with Crippen molar-refractivity contribution < 1.29 is 18.0 Å². The van der Waals surface area contributed by atoms with Crippen LogP contribution in [0.2, 0.25) is 5.02 Å². The van der Waals surface area contributed by atoms with Crippen LogP contribution in [0.1, 0.15) is 31.9 Å². The van der Waals surface area contributed by atoms with E-state index in [9.17, 15) is 18.0 Å². The summed E-state index contributed by atoms with van der Waals surface area (Å²) >= 11 is 9.54. The van der Waals surface area contributed by atoms with Gasteiger partial charge in [0.2, 0.25) is 11.8 Å². The number of nitrogens with zero attached hydrogens (tertiary/aromatic N) is 2. The van der Waals surface area contributed by atoms with Gasteiger partial charge in [0.15, 0.2) is 0 Å². The summed E-state index contributed by atoms with van der Waals surface area (Å²) in [5.74, 6) is -0.868. The first-order valence-electron chi connectivity index (χ1n) is 14.1. The Morgan fingerprint density at radius 1 is 0.841 bits per heavy atom. The Hall–Kier alpha value is -3.66. The number of sulfonamides is 1. The lowest BCUT2D eigenvalue weighted by Gasteiger charge is -2.35. The molecule has 0 fully saturated rings. The van der Waals surface area contributed by atoms with E-state index < -0.39 is 34.1 Å². The molecule has 0 aromatic heterocycles. The molecule has 230 valence electrons. The van der Waals surface area contributed by atoms with Crippen molar-refractivity contribution in [1.82, 2.24) is 10.2 Å². The zero-order valence-corrected chi connectivity index (χ0v) is 27.9. The van der Waals surface area contributed by atoms with Crippen LogP contribution in [0.3, 0.4) is 0 Å². The standard InChI is InChI=1S/C34H35BrClN3O4S/c1-34(2,3)37-33(41)31(22-25-11-6-4-7-12-25)38(23-26-13-10-14-27(35)21-26)32(40)24-39(29-15-8-5-9-16-29)44(42,43)30-19-17-28(36)18-20-30/h4-21,31H,22-24H2,1-3H3,(H,37,41)/t31-/m0/s1. The molecular weight excluding hydrogens is 662 g/mol. The Morgan fingerprint density at radius 2 is 1.43 bits per heavy atom. The lowest BCUT2D eigenvalue weighted by molar-refractivity contribution is -0.140. The molecule has 4 aromatic carbocycles. The maximum atomic E-state index is 14.5. The highest BCUT2D eigenvalue weighted by atomic mass is 79.9. The fourth-order valence-corrected chi connectivity index (χ4v) is 6.68. The summed E-state index contributed by atoms with van der Waals surface area (Å²) < 4.78 is 29.9. The van der Waals surface area contributed by atoms with Crippen LogP contribution in [0, 0.1) is 0 Å². The van der Waals surface area contributed by atoms with Crippen LogP contribution in [-0.2, 0) is 32.6 Å². The van der Waals surface area contributed by atoms with E-state index in [0.717, 1.165) is 19.9 Å². The third-order valence-corrected chi connectivity index (χ3v) is 9.27. The number of halogens is 2. The molecule has 4 aromatic rings. The lowest BCUT2D eigenvalue weighted by atomic mass is 10.0. The van der Waals surface area contributed by atoms with Crippen LogP contribution >= 0.6 is 27.5 Å². The van der Waals surface area contributed by atoms with Crippen molar-refractivity contribution in [3.05, 3.63) is 130 Å². The number of hydrogen-bond donors (Lipinski definition) is 1. The maximum Gasteiger partial charge on any atom is 0.264 e. The molecule has 44 heavy (non-hydrogen) atoms. The molecule has 0 aliphatic heterocycles. The zero-order chi connectivity index (χ0) is 31.9. The highest BCUT2D eigenvalue weighted by molar-refractivity contribution is 9.10. The van der Waals surface area contributed by atoms with Crippen molar-refractivity contribution in [2.24, 2.45) is 0 Å². The Bertz CT molecular complexity index is 1680. The Kier molecular flexibility index (Phi) is 10.9. The number of rotatable bonds is 11. The van der Waals surface area contributed by atoms with E-state index in [1.54, 1.807) is 30.3 Å². The smallest absolute Gasteiger partial charge is 0.264 e. The minimum Gasteiger partial charge on any atom is -0.350 e. The second-order valence-electron chi connectivity index (χ2n) is 11.4. The van der Waals surface area contributed by atoms with E-state index in [4.69, 9.17) is 11.6 Å². The quantitative estimate of drug-likeness (QED) is 0.186. The average molecular weight is 697 g/mol. The van der Waals surface area contributed by atoms with Crippen LogP contribution < -0.4 is 9.62 Å². The van der Waals surface area contributed by atoms with E-state index in [0.29, 0.717) is 10.7 Å². The molecule has 7 nitrogen and oxygen atoms in total. The van der Waals surface area contributed by atoms with Gasteiger partial charge in [-0.2, -0.15) is 0 Å². The monoisotopic (exact) mass is 695 g/mol. The minimum absolute atomic E-state index is 0.0107. The van der Waals surface area contributed by atoms with E-state index in [2.05, 4.69) is 21.2 Å². The first-order chi connectivity index (χ1) is 20.8. The van der Waals surface area contributed by atoms with Gasteiger partial charge in [-0.25, -0.2) is 8.42 Å². The summed E-state index contributed by atoms with van der Waals surface area (Å²) in [4.78, 5) is 29.8. The molecule has 10 heteroatoms. The van der Waals surface area contributed by atoms with Crippen LogP contribution in [0.25, 0.3) is 0 Å². The van der Waals surface area contributed by atoms with Crippen LogP contribution in [-0.4, -0.2) is 43.3 Å². The van der Waals surface area contributed by atoms with E-state index >= 15 is 0 Å². The van der Waals surface area contributed by atoms with Crippen molar-refractivity contribution in [2.75, 3.05) is 10.8 Å². The molecule has 0 aliphatic carbocycles. The van der Waals surface area contributed by atoms with E-state index in [1.807, 2.05) is 75.4 Å². The number of benzene rings is 4. The summed E-state index contributed by atoms with van der Waals surface area (Å²) in [6.45, 7) is 5.18. The number of nitrogens with one attached hydrogen (secondary N) is 1. The first-order valence-corrected chi connectivity index (χ1v) is 16.7. The molecule has 2 amide bonds. The molecular formula is C34H35BrClN3O4S.